The molecule has 0 aromatic heterocycles. The number of ether oxygens (including phenoxy) is 3. The Labute approximate surface area is 179 Å². The van der Waals surface area contributed by atoms with Crippen LogP contribution in [-0.2, 0) is 27.4 Å². The fourth-order valence-corrected chi connectivity index (χ4v) is 3.63. The van der Waals surface area contributed by atoms with Gasteiger partial charge >= 0.3 is 0 Å². The Balaban J connectivity index is 0.00000261. The lowest BCUT2D eigenvalue weighted by molar-refractivity contribution is 0.0453. The van der Waals surface area contributed by atoms with E-state index in [1.54, 1.807) is 0 Å². The lowest BCUT2D eigenvalue weighted by Crippen LogP contribution is -2.47. The summed E-state index contributed by atoms with van der Waals surface area (Å²) in [5.41, 5.74) is 2.38. The van der Waals surface area contributed by atoms with Gasteiger partial charge in [0.15, 0.2) is 5.96 Å². The summed E-state index contributed by atoms with van der Waals surface area (Å²) in [7, 11) is 1.81. The quantitative estimate of drug-likeness (QED) is 0.242. The molecule has 2 aliphatic rings. The molecule has 3 atom stereocenters. The van der Waals surface area contributed by atoms with E-state index in [9.17, 15) is 0 Å². The molecule has 2 aliphatic heterocycles. The van der Waals surface area contributed by atoms with Gasteiger partial charge in [-0.25, -0.2) is 0 Å². The first kappa shape index (κ1) is 22.4. The van der Waals surface area contributed by atoms with Gasteiger partial charge in [0.1, 0.15) is 0 Å². The first-order valence-corrected chi connectivity index (χ1v) is 9.64. The number of halogens is 1. The van der Waals surface area contributed by atoms with Crippen LogP contribution in [0.5, 0.6) is 0 Å². The summed E-state index contributed by atoms with van der Waals surface area (Å²) in [6.07, 6.45) is 4.23. The molecule has 2 heterocycles. The Kier molecular flexibility index (Phi) is 9.81. The maximum atomic E-state index is 5.90. The highest BCUT2D eigenvalue weighted by Gasteiger charge is 2.41. The summed E-state index contributed by atoms with van der Waals surface area (Å²) < 4.78 is 16.8. The van der Waals surface area contributed by atoms with E-state index in [1.807, 2.05) is 14.0 Å². The molecule has 2 bridgehead atoms. The van der Waals surface area contributed by atoms with Gasteiger partial charge in [-0.2, -0.15) is 0 Å². The second-order valence-corrected chi connectivity index (χ2v) is 6.86. The molecule has 0 radical (unpaired) electrons. The number of aliphatic imine (C=N–C) groups is 1. The van der Waals surface area contributed by atoms with Crippen LogP contribution in [0.3, 0.4) is 0 Å². The molecule has 3 unspecified atom stereocenters. The minimum absolute atomic E-state index is 0. The van der Waals surface area contributed by atoms with E-state index >= 15 is 0 Å². The van der Waals surface area contributed by atoms with Crippen molar-refractivity contribution in [1.29, 1.82) is 0 Å². The van der Waals surface area contributed by atoms with Crippen molar-refractivity contribution in [2.24, 2.45) is 4.99 Å². The standard InChI is InChI=1S/C20H31N3O3.HI/c1-3-24-9-10-25-14-16-6-4-5-15(11-16)13-22-20(21-2)23-18-12-17-7-8-19(18)26-17;/h4-6,11,17-19H,3,7-10,12-14H2,1-2H3,(H2,21,22,23);1H. The molecule has 0 amide bonds. The summed E-state index contributed by atoms with van der Waals surface area (Å²) in [6.45, 7) is 5.33. The van der Waals surface area contributed by atoms with E-state index in [1.165, 1.54) is 17.5 Å². The number of fused-ring (bicyclic) bond motifs is 2. The van der Waals surface area contributed by atoms with Crippen molar-refractivity contribution in [2.75, 3.05) is 26.9 Å². The summed E-state index contributed by atoms with van der Waals surface area (Å²) in [5.74, 6) is 0.838. The van der Waals surface area contributed by atoms with Gasteiger partial charge in [0.25, 0.3) is 0 Å². The molecule has 0 spiro atoms. The van der Waals surface area contributed by atoms with Gasteiger partial charge in [0.2, 0.25) is 0 Å². The van der Waals surface area contributed by atoms with Crippen LogP contribution >= 0.6 is 24.0 Å². The van der Waals surface area contributed by atoms with Gasteiger partial charge in [0.05, 0.1) is 38.1 Å². The van der Waals surface area contributed by atoms with E-state index in [0.29, 0.717) is 38.1 Å². The van der Waals surface area contributed by atoms with Gasteiger partial charge in [-0.15, -0.1) is 24.0 Å². The molecular weight excluding hydrogens is 457 g/mol. The lowest BCUT2D eigenvalue weighted by Gasteiger charge is -2.22. The molecule has 2 fully saturated rings. The molecular formula is C20H32IN3O3. The van der Waals surface area contributed by atoms with E-state index in [4.69, 9.17) is 14.2 Å². The molecule has 1 aromatic carbocycles. The number of hydrogen-bond acceptors (Lipinski definition) is 4. The third-order valence-electron chi connectivity index (χ3n) is 4.95. The van der Waals surface area contributed by atoms with Gasteiger partial charge < -0.3 is 24.8 Å². The zero-order chi connectivity index (χ0) is 18.2. The van der Waals surface area contributed by atoms with Crippen molar-refractivity contribution in [2.45, 2.75) is 57.6 Å². The maximum Gasteiger partial charge on any atom is 0.191 e. The highest BCUT2D eigenvalue weighted by molar-refractivity contribution is 14.0. The number of hydrogen-bond donors (Lipinski definition) is 2. The third kappa shape index (κ3) is 6.89. The summed E-state index contributed by atoms with van der Waals surface area (Å²) in [6, 6.07) is 8.82. The van der Waals surface area contributed by atoms with Crippen molar-refractivity contribution >= 4 is 29.9 Å². The van der Waals surface area contributed by atoms with Crippen LogP contribution in [0, 0.1) is 0 Å². The smallest absolute Gasteiger partial charge is 0.191 e. The van der Waals surface area contributed by atoms with Crippen LogP contribution in [0.1, 0.15) is 37.3 Å². The van der Waals surface area contributed by atoms with E-state index in [2.05, 4.69) is 39.9 Å². The van der Waals surface area contributed by atoms with Crippen LogP contribution in [-0.4, -0.2) is 51.1 Å². The van der Waals surface area contributed by atoms with Crippen molar-refractivity contribution in [3.8, 4) is 0 Å². The Bertz CT molecular complexity index is 600. The van der Waals surface area contributed by atoms with Crippen LogP contribution in [0.4, 0.5) is 0 Å². The van der Waals surface area contributed by atoms with Gasteiger partial charge in [-0.3, -0.25) is 4.99 Å². The Morgan fingerprint density at radius 3 is 2.74 bits per heavy atom. The highest BCUT2D eigenvalue weighted by atomic mass is 127. The second-order valence-electron chi connectivity index (χ2n) is 6.86. The largest absolute Gasteiger partial charge is 0.379 e. The van der Waals surface area contributed by atoms with Crippen molar-refractivity contribution in [3.63, 3.8) is 0 Å². The molecule has 3 rings (SSSR count). The molecule has 2 N–H and O–H groups in total. The number of nitrogens with one attached hydrogen (secondary N) is 2. The maximum absolute atomic E-state index is 5.90. The summed E-state index contributed by atoms with van der Waals surface area (Å²) >= 11 is 0. The zero-order valence-corrected chi connectivity index (χ0v) is 18.6. The fourth-order valence-electron chi connectivity index (χ4n) is 3.63. The second kappa shape index (κ2) is 11.8. The predicted molar refractivity (Wildman–Crippen MR) is 118 cm³/mol. The number of nitrogens with zero attached hydrogens (tertiary/aromatic N) is 1. The summed E-state index contributed by atoms with van der Waals surface area (Å²) in [4.78, 5) is 4.35. The molecule has 0 saturated carbocycles. The number of benzene rings is 1. The van der Waals surface area contributed by atoms with Crippen LogP contribution in [0.25, 0.3) is 0 Å². The predicted octanol–water partition coefficient (Wildman–Crippen LogP) is 2.84. The van der Waals surface area contributed by atoms with Crippen molar-refractivity contribution in [1.82, 2.24) is 10.6 Å². The molecule has 27 heavy (non-hydrogen) atoms. The van der Waals surface area contributed by atoms with Crippen molar-refractivity contribution < 1.29 is 14.2 Å². The SMILES string of the molecule is CCOCCOCc1cccc(CNC(=NC)NC2CC3CCC2O3)c1.I. The summed E-state index contributed by atoms with van der Waals surface area (Å²) in [5, 5.41) is 6.92. The normalized spacial score (nSPS) is 23.9. The number of rotatable bonds is 9. The fraction of sp³-hybridized carbons (Fsp3) is 0.650. The molecule has 2 saturated heterocycles. The van der Waals surface area contributed by atoms with Crippen LogP contribution in [0.15, 0.2) is 29.3 Å². The van der Waals surface area contributed by atoms with Gasteiger partial charge in [0, 0.05) is 20.2 Å². The average Bonchev–Trinajstić information content (AvgIpc) is 3.28. The lowest BCUT2D eigenvalue weighted by atomic mass is 9.96. The first-order chi connectivity index (χ1) is 12.8. The van der Waals surface area contributed by atoms with Gasteiger partial charge in [-0.05, 0) is 37.3 Å². The van der Waals surface area contributed by atoms with E-state index in [0.717, 1.165) is 32.0 Å². The molecule has 7 heteroatoms. The minimum Gasteiger partial charge on any atom is -0.379 e. The molecule has 1 aromatic rings. The third-order valence-corrected chi connectivity index (χ3v) is 4.95. The Hall–Kier alpha value is -0.900. The molecule has 0 aliphatic carbocycles. The first-order valence-electron chi connectivity index (χ1n) is 9.64. The van der Waals surface area contributed by atoms with E-state index in [-0.39, 0.29) is 24.0 Å². The molecule has 6 nitrogen and oxygen atoms in total. The highest BCUT2D eigenvalue weighted by Crippen LogP contribution is 2.34. The molecule has 152 valence electrons. The van der Waals surface area contributed by atoms with Gasteiger partial charge in [-0.1, -0.05) is 24.3 Å². The van der Waals surface area contributed by atoms with Crippen molar-refractivity contribution in [3.05, 3.63) is 35.4 Å². The average molecular weight is 489 g/mol. The minimum atomic E-state index is 0. The zero-order valence-electron chi connectivity index (χ0n) is 16.3. The van der Waals surface area contributed by atoms with Crippen LogP contribution < -0.4 is 10.6 Å². The number of guanidine groups is 1. The Morgan fingerprint density at radius 2 is 2.04 bits per heavy atom. The topological polar surface area (TPSA) is 64.1 Å². The monoisotopic (exact) mass is 489 g/mol. The Morgan fingerprint density at radius 1 is 1.22 bits per heavy atom. The van der Waals surface area contributed by atoms with Crippen LogP contribution in [0.2, 0.25) is 0 Å². The van der Waals surface area contributed by atoms with E-state index < -0.39 is 0 Å².